The van der Waals surface area contributed by atoms with Crippen molar-refractivity contribution in [2.75, 3.05) is 43.1 Å². The molecule has 0 atom stereocenters. The number of hydrogen-bond donors (Lipinski definition) is 3. The van der Waals surface area contributed by atoms with Gasteiger partial charge in [-0.05, 0) is 44.5 Å². The number of rotatable bonds is 7. The van der Waals surface area contributed by atoms with E-state index in [0.717, 1.165) is 0 Å². The number of anilines is 2. The van der Waals surface area contributed by atoms with Gasteiger partial charge in [0.15, 0.2) is 0 Å². The quantitative estimate of drug-likeness (QED) is 0.629. The molecule has 1 aromatic heterocycles. The van der Waals surface area contributed by atoms with E-state index in [4.69, 9.17) is 4.74 Å². The lowest BCUT2D eigenvalue weighted by molar-refractivity contribution is -0.116. The molecule has 2 heterocycles. The molecule has 0 saturated carbocycles. The Morgan fingerprint density at radius 2 is 1.90 bits per heavy atom. The lowest BCUT2D eigenvalue weighted by atomic mass is 10.1. The zero-order valence-corrected chi connectivity index (χ0v) is 17.3. The third-order valence-corrected chi connectivity index (χ3v) is 4.89. The minimum absolute atomic E-state index is 0.153. The van der Waals surface area contributed by atoms with E-state index in [2.05, 4.69) is 20.6 Å². The number of nitrogens with zero attached hydrogens (tertiary/aromatic N) is 2. The number of morpholine rings is 1. The summed E-state index contributed by atoms with van der Waals surface area (Å²) < 4.78 is 5.32. The highest BCUT2D eigenvalue weighted by molar-refractivity contribution is 5.95. The van der Waals surface area contributed by atoms with Crippen LogP contribution >= 0.6 is 0 Å². The number of carbonyl (C=O) groups excluding carboxylic acids is 2. The summed E-state index contributed by atoms with van der Waals surface area (Å²) in [5, 5.41) is 5.51. The fourth-order valence-electron chi connectivity index (χ4n) is 3.24. The zero-order valence-electron chi connectivity index (χ0n) is 17.3. The molecule has 3 N–H and O–H groups in total. The molecule has 2 aromatic rings. The Hall–Kier alpha value is -3.20. The van der Waals surface area contributed by atoms with Crippen LogP contribution in [0.1, 0.15) is 35.0 Å². The SMILES string of the molecule is CCNC(=O)c1ccc(NC(=O)CCc2c(C)nc(N3CCOCC3)[nH]c2=O)cc1. The fourth-order valence-corrected chi connectivity index (χ4v) is 3.24. The van der Waals surface area contributed by atoms with Gasteiger partial charge in [-0.3, -0.25) is 19.4 Å². The second-order valence-corrected chi connectivity index (χ2v) is 7.04. The lowest BCUT2D eigenvalue weighted by Crippen LogP contribution is -2.38. The van der Waals surface area contributed by atoms with Gasteiger partial charge in [0.05, 0.1) is 13.2 Å². The predicted octanol–water partition coefficient (Wildman–Crippen LogP) is 1.24. The van der Waals surface area contributed by atoms with Gasteiger partial charge >= 0.3 is 0 Å². The van der Waals surface area contributed by atoms with Crippen LogP contribution in [-0.2, 0) is 16.0 Å². The highest BCUT2D eigenvalue weighted by Gasteiger charge is 2.17. The number of hydrogen-bond acceptors (Lipinski definition) is 6. The lowest BCUT2D eigenvalue weighted by Gasteiger charge is -2.27. The van der Waals surface area contributed by atoms with Gasteiger partial charge in [-0.1, -0.05) is 0 Å². The van der Waals surface area contributed by atoms with Crippen molar-refractivity contribution >= 4 is 23.5 Å². The first-order valence-electron chi connectivity index (χ1n) is 10.1. The van der Waals surface area contributed by atoms with Gasteiger partial charge in [0.25, 0.3) is 11.5 Å². The standard InChI is InChI=1S/C21H27N5O4/c1-3-22-19(28)15-4-6-16(7-5-15)24-18(27)9-8-17-14(2)23-21(25-20(17)29)26-10-12-30-13-11-26/h4-7H,3,8-13H2,1-2H3,(H,22,28)(H,24,27)(H,23,25,29). The summed E-state index contributed by atoms with van der Waals surface area (Å²) >= 11 is 0. The second kappa shape index (κ2) is 10.0. The van der Waals surface area contributed by atoms with Crippen molar-refractivity contribution in [2.24, 2.45) is 0 Å². The smallest absolute Gasteiger partial charge is 0.255 e. The van der Waals surface area contributed by atoms with Crippen molar-refractivity contribution in [1.82, 2.24) is 15.3 Å². The summed E-state index contributed by atoms with van der Waals surface area (Å²) in [6.45, 7) is 6.77. The summed E-state index contributed by atoms with van der Waals surface area (Å²) in [5.74, 6) is 0.177. The predicted molar refractivity (Wildman–Crippen MR) is 114 cm³/mol. The molecule has 2 amide bonds. The molecular weight excluding hydrogens is 386 g/mol. The molecule has 0 aliphatic carbocycles. The molecule has 1 fully saturated rings. The molecule has 160 valence electrons. The molecule has 9 heteroatoms. The van der Waals surface area contributed by atoms with Crippen LogP contribution in [0.5, 0.6) is 0 Å². The molecule has 0 radical (unpaired) electrons. The minimum Gasteiger partial charge on any atom is -0.378 e. The highest BCUT2D eigenvalue weighted by atomic mass is 16.5. The summed E-state index contributed by atoms with van der Waals surface area (Å²) in [5.41, 5.74) is 2.04. The van der Waals surface area contributed by atoms with E-state index >= 15 is 0 Å². The molecule has 0 bridgehead atoms. The van der Waals surface area contributed by atoms with Crippen LogP contribution in [-0.4, -0.2) is 54.6 Å². The molecule has 30 heavy (non-hydrogen) atoms. The highest BCUT2D eigenvalue weighted by Crippen LogP contribution is 2.13. The number of nitrogens with one attached hydrogen (secondary N) is 3. The Kier molecular flexibility index (Phi) is 7.18. The summed E-state index contributed by atoms with van der Waals surface area (Å²) in [7, 11) is 0. The number of aryl methyl sites for hydroxylation is 1. The Bertz CT molecular complexity index is 949. The molecular formula is C21H27N5O4. The number of ether oxygens (including phenoxy) is 1. The Balaban J connectivity index is 1.58. The number of H-pyrrole nitrogens is 1. The minimum atomic E-state index is -0.219. The van der Waals surface area contributed by atoms with E-state index < -0.39 is 0 Å². The molecule has 1 aromatic carbocycles. The van der Waals surface area contributed by atoms with Crippen molar-refractivity contribution in [3.05, 3.63) is 51.4 Å². The average molecular weight is 413 g/mol. The number of carbonyl (C=O) groups is 2. The normalized spacial score (nSPS) is 13.7. The van der Waals surface area contributed by atoms with Crippen LogP contribution in [0.25, 0.3) is 0 Å². The zero-order chi connectivity index (χ0) is 21.5. The maximum atomic E-state index is 12.5. The molecule has 3 rings (SSSR count). The van der Waals surface area contributed by atoms with Gasteiger partial charge < -0.3 is 20.3 Å². The van der Waals surface area contributed by atoms with Crippen LogP contribution < -0.4 is 21.1 Å². The van der Waals surface area contributed by atoms with Crippen molar-refractivity contribution in [3.8, 4) is 0 Å². The Morgan fingerprint density at radius 1 is 1.20 bits per heavy atom. The number of aromatic amines is 1. The first-order valence-corrected chi connectivity index (χ1v) is 10.1. The van der Waals surface area contributed by atoms with Crippen molar-refractivity contribution in [3.63, 3.8) is 0 Å². The average Bonchev–Trinajstić information content (AvgIpc) is 2.74. The van der Waals surface area contributed by atoms with E-state index in [0.29, 0.717) is 67.7 Å². The number of benzene rings is 1. The van der Waals surface area contributed by atoms with Crippen LogP contribution in [0.4, 0.5) is 11.6 Å². The van der Waals surface area contributed by atoms with E-state index in [1.165, 1.54) is 0 Å². The van der Waals surface area contributed by atoms with Crippen molar-refractivity contribution < 1.29 is 14.3 Å². The van der Waals surface area contributed by atoms with Gasteiger partial charge in [0.2, 0.25) is 11.9 Å². The van der Waals surface area contributed by atoms with E-state index in [-0.39, 0.29) is 23.8 Å². The second-order valence-electron chi connectivity index (χ2n) is 7.04. The number of amides is 2. The van der Waals surface area contributed by atoms with Gasteiger partial charge in [0.1, 0.15) is 0 Å². The van der Waals surface area contributed by atoms with Crippen molar-refractivity contribution in [1.29, 1.82) is 0 Å². The number of aromatic nitrogens is 2. The van der Waals surface area contributed by atoms with Crippen LogP contribution in [0.15, 0.2) is 29.1 Å². The molecule has 1 aliphatic rings. The van der Waals surface area contributed by atoms with E-state index in [9.17, 15) is 14.4 Å². The van der Waals surface area contributed by atoms with Gasteiger partial charge in [-0.15, -0.1) is 0 Å². The van der Waals surface area contributed by atoms with Gasteiger partial charge in [-0.2, -0.15) is 0 Å². The van der Waals surface area contributed by atoms with Crippen LogP contribution in [0, 0.1) is 6.92 Å². The topological polar surface area (TPSA) is 116 Å². The third-order valence-electron chi connectivity index (χ3n) is 4.89. The molecule has 0 spiro atoms. The first-order chi connectivity index (χ1) is 14.5. The monoisotopic (exact) mass is 413 g/mol. The maximum Gasteiger partial charge on any atom is 0.255 e. The van der Waals surface area contributed by atoms with Gasteiger partial charge in [-0.25, -0.2) is 4.98 Å². The Morgan fingerprint density at radius 3 is 2.53 bits per heavy atom. The van der Waals surface area contributed by atoms with Crippen molar-refractivity contribution in [2.45, 2.75) is 26.7 Å². The summed E-state index contributed by atoms with van der Waals surface area (Å²) in [6, 6.07) is 6.67. The molecule has 1 aliphatic heterocycles. The first kappa shape index (κ1) is 21.5. The largest absolute Gasteiger partial charge is 0.378 e. The van der Waals surface area contributed by atoms with Crippen LogP contribution in [0.3, 0.4) is 0 Å². The van der Waals surface area contributed by atoms with Crippen LogP contribution in [0.2, 0.25) is 0 Å². The summed E-state index contributed by atoms with van der Waals surface area (Å²) in [4.78, 5) is 45.9. The molecule has 1 saturated heterocycles. The van der Waals surface area contributed by atoms with E-state index in [1.807, 2.05) is 11.8 Å². The van der Waals surface area contributed by atoms with E-state index in [1.54, 1.807) is 31.2 Å². The molecule has 0 unspecified atom stereocenters. The fraction of sp³-hybridized carbons (Fsp3) is 0.429. The maximum absolute atomic E-state index is 12.5. The third kappa shape index (κ3) is 5.44. The molecule has 9 nitrogen and oxygen atoms in total. The Labute approximate surface area is 174 Å². The van der Waals surface area contributed by atoms with Gasteiger partial charge in [0, 0.05) is 48.6 Å². The summed E-state index contributed by atoms with van der Waals surface area (Å²) in [6.07, 6.45) is 0.445.